The van der Waals surface area contributed by atoms with Crippen LogP contribution < -0.4 is 0 Å². The van der Waals surface area contributed by atoms with Crippen molar-refractivity contribution < 1.29 is 8.42 Å². The molecule has 0 bridgehead atoms. The van der Waals surface area contributed by atoms with E-state index in [0.717, 1.165) is 12.8 Å². The Bertz CT molecular complexity index is 194. The fourth-order valence-electron chi connectivity index (χ4n) is 0.724. The van der Waals surface area contributed by atoms with Crippen LogP contribution in [0.5, 0.6) is 0 Å². The molecule has 0 radical (unpaired) electrons. The molecule has 62 valence electrons. The van der Waals surface area contributed by atoms with Crippen LogP contribution >= 0.6 is 21.2 Å². The highest BCUT2D eigenvalue weighted by Gasteiger charge is 2.30. The maximum Gasteiger partial charge on any atom is 0.208 e. The van der Waals surface area contributed by atoms with E-state index in [-0.39, 0.29) is 0 Å². The smallest absolute Gasteiger partial charge is 0.208 e. The molecule has 0 heterocycles. The molecule has 10 heavy (non-hydrogen) atoms. The second-order valence-electron chi connectivity index (χ2n) is 2.95. The molecule has 0 aromatic carbocycles. The Kier molecular flexibility index (Phi) is 3.61. The van der Waals surface area contributed by atoms with Crippen molar-refractivity contribution in [1.82, 2.24) is 0 Å². The van der Waals surface area contributed by atoms with Crippen molar-refractivity contribution in [3.63, 3.8) is 0 Å². The van der Waals surface area contributed by atoms with Gasteiger partial charge in [-0.05, 0) is 20.3 Å². The number of halogens is 1. The van der Waals surface area contributed by atoms with Gasteiger partial charge in [0.05, 0.1) is 26.0 Å². The normalized spacial score (nSPS) is 13.6. The molecule has 2 nitrogen and oxygen atoms in total. The second-order valence-corrected chi connectivity index (χ2v) is 8.41. The molecule has 0 N–H and O–H groups in total. The molecule has 0 aromatic heterocycles. The Morgan fingerprint density at radius 2 is 1.80 bits per heavy atom. The summed E-state index contributed by atoms with van der Waals surface area (Å²) in [5.41, 5.74) is 0. The minimum absolute atomic E-state index is 0.553. The van der Waals surface area contributed by atoms with Crippen LogP contribution in [0.3, 0.4) is 0 Å². The van der Waals surface area contributed by atoms with Gasteiger partial charge >= 0.3 is 0 Å². The molecule has 0 rings (SSSR count). The van der Waals surface area contributed by atoms with Crippen molar-refractivity contribution in [3.05, 3.63) is 0 Å². The van der Waals surface area contributed by atoms with Crippen molar-refractivity contribution >= 4 is 28.2 Å². The monoisotopic (exact) mass is 276 g/mol. The molecule has 0 saturated heterocycles. The quantitative estimate of drug-likeness (QED) is 0.585. The summed E-state index contributed by atoms with van der Waals surface area (Å²) in [6, 6.07) is 0. The number of hydrogen-bond donors (Lipinski definition) is 0. The van der Waals surface area contributed by atoms with Crippen LogP contribution in [0.2, 0.25) is 0 Å². The van der Waals surface area contributed by atoms with E-state index < -0.39 is 11.8 Å². The van der Waals surface area contributed by atoms with Crippen LogP contribution in [0.25, 0.3) is 0 Å². The summed E-state index contributed by atoms with van der Waals surface area (Å²) < 4.78 is 21.5. The molecule has 0 aliphatic carbocycles. The highest BCUT2D eigenvalue weighted by Crippen LogP contribution is 2.27. The zero-order valence-electron chi connectivity index (χ0n) is 6.52. The van der Waals surface area contributed by atoms with Crippen LogP contribution in [-0.2, 0) is 7.01 Å². The minimum Gasteiger partial charge on any atom is -0.218 e. The zero-order valence-corrected chi connectivity index (χ0v) is 9.49. The summed E-state index contributed by atoms with van der Waals surface area (Å²) in [6.07, 6.45) is 1.65. The molecule has 0 fully saturated rings. The van der Waals surface area contributed by atoms with E-state index in [4.69, 9.17) is 0 Å². The van der Waals surface area contributed by atoms with Gasteiger partial charge in [0, 0.05) is 0 Å². The Balaban J connectivity index is 4.42. The van der Waals surface area contributed by atoms with E-state index in [2.05, 4.69) is 0 Å². The fourth-order valence-corrected chi connectivity index (χ4v) is 1.83. The van der Waals surface area contributed by atoms with Gasteiger partial charge in [-0.1, -0.05) is 13.3 Å². The highest BCUT2D eigenvalue weighted by molar-refractivity contribution is 14.2. The van der Waals surface area contributed by atoms with E-state index in [1.54, 1.807) is 13.8 Å². The molecule has 0 aliphatic rings. The molecular formula is C6H13IO2S. The summed E-state index contributed by atoms with van der Waals surface area (Å²) in [5.74, 6) is 0. The lowest BCUT2D eigenvalue weighted by Gasteiger charge is -2.19. The number of rotatable bonds is 3. The maximum atomic E-state index is 11.0. The standard InChI is InChI=1S/C6H13IO2S/c1-4-5-6(2,3)10(7,8)9/h4-5H2,1-3H3. The predicted molar refractivity (Wildman–Crippen MR) is 51.9 cm³/mol. The summed E-state index contributed by atoms with van der Waals surface area (Å²) in [6.45, 7) is 5.51. The van der Waals surface area contributed by atoms with Gasteiger partial charge in [-0.2, -0.15) is 0 Å². The predicted octanol–water partition coefficient (Wildman–Crippen LogP) is 2.33. The molecular weight excluding hydrogens is 263 g/mol. The molecule has 0 aromatic rings. The first-order chi connectivity index (χ1) is 4.31. The topological polar surface area (TPSA) is 34.1 Å². The first-order valence-corrected chi connectivity index (χ1v) is 7.28. The Labute approximate surface area is 74.9 Å². The Morgan fingerprint density at radius 1 is 1.40 bits per heavy atom. The number of hydrogen-bond acceptors (Lipinski definition) is 2. The van der Waals surface area contributed by atoms with Crippen molar-refractivity contribution in [1.29, 1.82) is 0 Å². The average Bonchev–Trinajstić information content (AvgIpc) is 1.61. The van der Waals surface area contributed by atoms with E-state index >= 15 is 0 Å². The van der Waals surface area contributed by atoms with Crippen LogP contribution in [0.1, 0.15) is 33.6 Å². The minimum atomic E-state index is -2.89. The molecule has 0 spiro atoms. The second kappa shape index (κ2) is 3.38. The molecule has 0 atom stereocenters. The fraction of sp³-hybridized carbons (Fsp3) is 1.00. The third-order valence-corrected chi connectivity index (χ3v) is 6.61. The lowest BCUT2D eigenvalue weighted by Crippen LogP contribution is -2.26. The van der Waals surface area contributed by atoms with Gasteiger partial charge < -0.3 is 0 Å². The highest BCUT2D eigenvalue weighted by atomic mass is 127. The lowest BCUT2D eigenvalue weighted by molar-refractivity contribution is 0.540. The molecule has 0 unspecified atom stereocenters. The summed E-state index contributed by atoms with van der Waals surface area (Å²) in [7, 11) is -2.89. The van der Waals surface area contributed by atoms with Crippen LogP contribution in [0.4, 0.5) is 0 Å². The molecule has 0 saturated carbocycles. The van der Waals surface area contributed by atoms with E-state index in [0.29, 0.717) is 0 Å². The van der Waals surface area contributed by atoms with Crippen LogP contribution in [0.15, 0.2) is 0 Å². The van der Waals surface area contributed by atoms with Gasteiger partial charge in [-0.15, -0.1) is 0 Å². The molecule has 0 aliphatic heterocycles. The van der Waals surface area contributed by atoms with E-state index in [1.807, 2.05) is 6.92 Å². The van der Waals surface area contributed by atoms with E-state index in [1.165, 1.54) is 21.2 Å². The Morgan fingerprint density at radius 3 is 1.90 bits per heavy atom. The summed E-state index contributed by atoms with van der Waals surface area (Å²) in [4.78, 5) is 0. The van der Waals surface area contributed by atoms with Gasteiger partial charge in [0.1, 0.15) is 0 Å². The maximum absolute atomic E-state index is 11.0. The van der Waals surface area contributed by atoms with Crippen molar-refractivity contribution in [2.45, 2.75) is 38.4 Å². The third-order valence-electron chi connectivity index (χ3n) is 1.51. The van der Waals surface area contributed by atoms with Crippen molar-refractivity contribution in [3.8, 4) is 0 Å². The summed E-state index contributed by atoms with van der Waals surface area (Å²) in [5, 5.41) is 0. The van der Waals surface area contributed by atoms with Gasteiger partial charge in [0.2, 0.25) is 7.01 Å². The van der Waals surface area contributed by atoms with Crippen molar-refractivity contribution in [2.24, 2.45) is 0 Å². The largest absolute Gasteiger partial charge is 0.218 e. The summed E-state index contributed by atoms with van der Waals surface area (Å²) >= 11 is 1.51. The first kappa shape index (κ1) is 10.7. The SMILES string of the molecule is CCCC(C)(C)S(=O)(=O)I. The van der Waals surface area contributed by atoms with Gasteiger partial charge in [-0.25, -0.2) is 8.42 Å². The van der Waals surface area contributed by atoms with Crippen LogP contribution in [-0.4, -0.2) is 13.2 Å². The lowest BCUT2D eigenvalue weighted by atomic mass is 10.1. The first-order valence-electron chi connectivity index (χ1n) is 3.25. The van der Waals surface area contributed by atoms with Gasteiger partial charge in [0.15, 0.2) is 0 Å². The zero-order chi connectivity index (χ0) is 8.41. The van der Waals surface area contributed by atoms with Gasteiger partial charge in [-0.3, -0.25) is 0 Å². The third kappa shape index (κ3) is 2.74. The van der Waals surface area contributed by atoms with Gasteiger partial charge in [0.25, 0.3) is 0 Å². The molecule has 0 amide bonds. The van der Waals surface area contributed by atoms with Crippen molar-refractivity contribution in [2.75, 3.05) is 0 Å². The van der Waals surface area contributed by atoms with E-state index in [9.17, 15) is 8.42 Å². The molecule has 4 heteroatoms. The average molecular weight is 276 g/mol. The van der Waals surface area contributed by atoms with Crippen LogP contribution in [0, 0.1) is 0 Å². The Hall–Kier alpha value is 0.680.